The van der Waals surface area contributed by atoms with Gasteiger partial charge in [-0.05, 0) is 58.3 Å². The molecule has 2 amide bonds. The van der Waals surface area contributed by atoms with Crippen molar-refractivity contribution in [3.05, 3.63) is 0 Å². The van der Waals surface area contributed by atoms with E-state index >= 15 is 0 Å². The van der Waals surface area contributed by atoms with Crippen LogP contribution >= 0.6 is 0 Å². The Morgan fingerprint density at radius 1 is 1.21 bits per heavy atom. The first-order valence-corrected chi connectivity index (χ1v) is 12.4. The minimum absolute atomic E-state index is 0.00323. The molecule has 8 nitrogen and oxygen atoms in total. The van der Waals surface area contributed by atoms with Crippen molar-refractivity contribution in [1.29, 1.82) is 0 Å². The highest BCUT2D eigenvalue weighted by atomic mass is 16.6. The van der Waals surface area contributed by atoms with E-state index in [4.69, 9.17) is 9.47 Å². The zero-order valence-corrected chi connectivity index (χ0v) is 21.3. The number of nitrogens with one attached hydrogen (secondary N) is 1. The molecule has 2 unspecified atom stereocenters. The summed E-state index contributed by atoms with van der Waals surface area (Å²) >= 11 is 0. The summed E-state index contributed by atoms with van der Waals surface area (Å²) in [4.78, 5) is 42.2. The molecular formula is C25H42N2O6. The van der Waals surface area contributed by atoms with Crippen LogP contribution in [0.3, 0.4) is 0 Å². The van der Waals surface area contributed by atoms with Gasteiger partial charge >= 0.3 is 5.97 Å². The summed E-state index contributed by atoms with van der Waals surface area (Å²) in [6.45, 7) is 14.4. The molecule has 3 aliphatic heterocycles. The van der Waals surface area contributed by atoms with Crippen LogP contribution in [0.25, 0.3) is 0 Å². The number of ether oxygens (including phenoxy) is 2. The lowest BCUT2D eigenvalue weighted by molar-refractivity contribution is -0.160. The lowest BCUT2D eigenvalue weighted by Crippen LogP contribution is -2.59. The van der Waals surface area contributed by atoms with Gasteiger partial charge in [0.05, 0.1) is 18.1 Å². The van der Waals surface area contributed by atoms with Crippen molar-refractivity contribution in [2.24, 2.45) is 17.3 Å². The predicted molar refractivity (Wildman–Crippen MR) is 123 cm³/mol. The molecule has 0 aromatic heterocycles. The van der Waals surface area contributed by atoms with Crippen LogP contribution in [0.4, 0.5) is 0 Å². The number of carbonyl (C=O) groups is 3. The number of fused-ring (bicyclic) bond motifs is 1. The van der Waals surface area contributed by atoms with Gasteiger partial charge < -0.3 is 24.8 Å². The second-order valence-electron chi connectivity index (χ2n) is 11.8. The summed E-state index contributed by atoms with van der Waals surface area (Å²) in [7, 11) is 0. The number of aliphatic hydroxyl groups excluding tert-OH is 1. The molecule has 188 valence electrons. The molecule has 0 aliphatic carbocycles. The largest absolute Gasteiger partial charge is 0.466 e. The summed E-state index contributed by atoms with van der Waals surface area (Å²) < 4.78 is 12.0. The van der Waals surface area contributed by atoms with Gasteiger partial charge in [0.1, 0.15) is 17.6 Å². The van der Waals surface area contributed by atoms with Crippen LogP contribution in [0, 0.1) is 17.3 Å². The minimum atomic E-state index is -1.05. The van der Waals surface area contributed by atoms with E-state index in [-0.39, 0.29) is 37.0 Å². The number of rotatable bonds is 9. The molecule has 3 saturated heterocycles. The Balaban J connectivity index is 2.01. The Morgan fingerprint density at radius 2 is 1.88 bits per heavy atom. The number of esters is 1. The topological polar surface area (TPSA) is 105 Å². The number of likely N-dealkylation sites (tertiary alicyclic amines) is 1. The zero-order chi connectivity index (χ0) is 24.8. The first-order valence-electron chi connectivity index (χ1n) is 12.4. The first kappa shape index (κ1) is 25.9. The van der Waals surface area contributed by atoms with E-state index in [2.05, 4.69) is 26.1 Å². The SMILES string of the molecule is CCOC(=O)[C@@H]1[C@H]2C(=O)N(CCCO)C(C(=O)NC(C)(C)CC(C)(C)C)C23CC[C@@]1(CC)O3. The van der Waals surface area contributed by atoms with E-state index in [1.54, 1.807) is 11.8 Å². The van der Waals surface area contributed by atoms with E-state index in [9.17, 15) is 19.5 Å². The third-order valence-corrected chi connectivity index (χ3v) is 7.46. The van der Waals surface area contributed by atoms with Gasteiger partial charge in [0, 0.05) is 18.7 Å². The van der Waals surface area contributed by atoms with E-state index in [1.165, 1.54) is 0 Å². The van der Waals surface area contributed by atoms with Crippen LogP contribution in [0.15, 0.2) is 0 Å². The fourth-order valence-corrected chi connectivity index (χ4v) is 6.86. The number of hydrogen-bond donors (Lipinski definition) is 2. The number of nitrogens with zero attached hydrogens (tertiary/aromatic N) is 1. The third-order valence-electron chi connectivity index (χ3n) is 7.46. The average Bonchev–Trinajstić information content (AvgIpc) is 3.28. The Hall–Kier alpha value is -1.67. The second kappa shape index (κ2) is 8.84. The fraction of sp³-hybridized carbons (Fsp3) is 0.880. The van der Waals surface area contributed by atoms with Crippen LogP contribution in [-0.2, 0) is 23.9 Å². The lowest BCUT2D eigenvalue weighted by Gasteiger charge is -2.38. The lowest BCUT2D eigenvalue weighted by atomic mass is 9.65. The molecule has 2 N–H and O–H groups in total. The van der Waals surface area contributed by atoms with Gasteiger partial charge in [-0.2, -0.15) is 0 Å². The van der Waals surface area contributed by atoms with Gasteiger partial charge in [0.25, 0.3) is 0 Å². The Bertz CT molecular complexity index is 790. The van der Waals surface area contributed by atoms with Crippen molar-refractivity contribution >= 4 is 17.8 Å². The maximum absolute atomic E-state index is 13.8. The van der Waals surface area contributed by atoms with Gasteiger partial charge in [-0.15, -0.1) is 0 Å². The zero-order valence-electron chi connectivity index (χ0n) is 21.3. The summed E-state index contributed by atoms with van der Waals surface area (Å²) in [5.74, 6) is -2.39. The number of carbonyl (C=O) groups excluding carboxylic acids is 3. The normalized spacial score (nSPS) is 33.4. The highest BCUT2D eigenvalue weighted by molar-refractivity contribution is 5.98. The molecule has 0 aromatic rings. The number of amides is 2. The average molecular weight is 467 g/mol. The van der Waals surface area contributed by atoms with Crippen molar-refractivity contribution < 1.29 is 29.0 Å². The van der Waals surface area contributed by atoms with Gasteiger partial charge in [0.15, 0.2) is 0 Å². The minimum Gasteiger partial charge on any atom is -0.466 e. The third kappa shape index (κ3) is 4.41. The van der Waals surface area contributed by atoms with Crippen molar-refractivity contribution in [3.8, 4) is 0 Å². The van der Waals surface area contributed by atoms with Gasteiger partial charge in [-0.3, -0.25) is 14.4 Å². The Morgan fingerprint density at radius 3 is 2.42 bits per heavy atom. The maximum atomic E-state index is 13.8. The summed E-state index contributed by atoms with van der Waals surface area (Å²) in [5.41, 5.74) is -2.32. The number of aliphatic hydroxyl groups is 1. The van der Waals surface area contributed by atoms with Crippen LogP contribution in [0.2, 0.25) is 0 Å². The quantitative estimate of drug-likeness (QED) is 0.506. The van der Waals surface area contributed by atoms with E-state index in [1.807, 2.05) is 20.8 Å². The van der Waals surface area contributed by atoms with Gasteiger partial charge in [-0.1, -0.05) is 27.7 Å². The van der Waals surface area contributed by atoms with Gasteiger partial charge in [-0.25, -0.2) is 0 Å². The van der Waals surface area contributed by atoms with E-state index in [0.717, 1.165) is 6.42 Å². The standard InChI is InChI=1S/C25H42N2O6/c1-8-24-11-12-25(33-24)16(17(24)21(31)32-9-2)20(30)27(13-10-14-28)18(25)19(29)26-23(6,7)15-22(3,4)5/h16-18,28H,8-15H2,1-7H3,(H,26,29)/t16-,17-,18?,24+,25?/m0/s1. The van der Waals surface area contributed by atoms with E-state index in [0.29, 0.717) is 25.7 Å². The second-order valence-corrected chi connectivity index (χ2v) is 11.8. The first-order chi connectivity index (χ1) is 15.3. The molecule has 0 radical (unpaired) electrons. The fourth-order valence-electron chi connectivity index (χ4n) is 6.86. The molecule has 5 atom stereocenters. The predicted octanol–water partition coefficient (Wildman–Crippen LogP) is 2.42. The molecule has 3 aliphatic rings. The Kier molecular flexibility index (Phi) is 6.95. The van der Waals surface area contributed by atoms with Crippen molar-refractivity contribution in [2.75, 3.05) is 19.8 Å². The summed E-state index contributed by atoms with van der Waals surface area (Å²) in [6, 6.07) is -0.839. The summed E-state index contributed by atoms with van der Waals surface area (Å²) in [5, 5.41) is 12.6. The molecular weight excluding hydrogens is 424 g/mol. The molecule has 3 rings (SSSR count). The Labute approximate surface area is 197 Å². The molecule has 8 heteroatoms. The smallest absolute Gasteiger partial charge is 0.312 e. The molecule has 0 aromatic carbocycles. The number of hydrogen-bond acceptors (Lipinski definition) is 6. The van der Waals surface area contributed by atoms with Gasteiger partial charge in [0.2, 0.25) is 11.8 Å². The molecule has 33 heavy (non-hydrogen) atoms. The highest BCUT2D eigenvalue weighted by Gasteiger charge is 2.79. The van der Waals surface area contributed by atoms with Crippen molar-refractivity contribution in [1.82, 2.24) is 10.2 Å². The van der Waals surface area contributed by atoms with Crippen LogP contribution < -0.4 is 5.32 Å². The van der Waals surface area contributed by atoms with Crippen LogP contribution in [0.1, 0.15) is 80.6 Å². The van der Waals surface area contributed by atoms with Crippen LogP contribution in [-0.4, -0.2) is 70.3 Å². The maximum Gasteiger partial charge on any atom is 0.312 e. The van der Waals surface area contributed by atoms with Crippen molar-refractivity contribution in [3.63, 3.8) is 0 Å². The molecule has 2 bridgehead atoms. The molecule has 3 fully saturated rings. The molecule has 0 saturated carbocycles. The van der Waals surface area contributed by atoms with Crippen LogP contribution in [0.5, 0.6) is 0 Å². The monoisotopic (exact) mass is 466 g/mol. The van der Waals surface area contributed by atoms with E-state index < -0.39 is 40.6 Å². The van der Waals surface area contributed by atoms with Crippen molar-refractivity contribution in [2.45, 2.75) is 103 Å². The molecule has 1 spiro atoms. The highest BCUT2D eigenvalue weighted by Crippen LogP contribution is 2.64. The molecule has 3 heterocycles. The summed E-state index contributed by atoms with van der Waals surface area (Å²) in [6.07, 6.45) is 2.83.